The maximum absolute atomic E-state index is 13.3. The molecule has 1 aromatic heterocycles. The maximum atomic E-state index is 13.3. The first-order chi connectivity index (χ1) is 17.4. The number of benzene rings is 3. The molecule has 1 amide bonds. The van der Waals surface area contributed by atoms with Gasteiger partial charge in [-0.1, -0.05) is 54.1 Å². The van der Waals surface area contributed by atoms with Crippen LogP contribution in [0.25, 0.3) is 16.7 Å². The summed E-state index contributed by atoms with van der Waals surface area (Å²) < 4.78 is 5.27. The molecule has 1 aliphatic rings. The predicted octanol–water partition coefficient (Wildman–Crippen LogP) is 4.85. The van der Waals surface area contributed by atoms with Crippen LogP contribution in [-0.2, 0) is 16.0 Å². The monoisotopic (exact) mass is 482 g/mol. The highest BCUT2D eigenvalue weighted by Gasteiger charge is 2.46. The van der Waals surface area contributed by atoms with E-state index in [1.54, 1.807) is 24.3 Å². The largest absolute Gasteiger partial charge is 0.507 e. The number of Topliss-reactive ketones (excluding diaryl/α,β-unsaturated/α-hetero) is 1. The summed E-state index contributed by atoms with van der Waals surface area (Å²) in [7, 11) is 1.43. The van der Waals surface area contributed by atoms with Crippen molar-refractivity contribution in [1.82, 2.24) is 9.88 Å². The molecule has 0 aliphatic carbocycles. The third kappa shape index (κ3) is 3.98. The minimum atomic E-state index is -0.842. The summed E-state index contributed by atoms with van der Waals surface area (Å²) in [5.41, 5.74) is 4.03. The molecule has 1 atom stereocenters. The van der Waals surface area contributed by atoms with Crippen LogP contribution in [0.3, 0.4) is 0 Å². The van der Waals surface area contributed by atoms with Gasteiger partial charge in [0.05, 0.1) is 18.7 Å². The molecule has 0 unspecified atom stereocenters. The van der Waals surface area contributed by atoms with Gasteiger partial charge in [0.15, 0.2) is 11.5 Å². The van der Waals surface area contributed by atoms with Crippen molar-refractivity contribution in [3.63, 3.8) is 0 Å². The van der Waals surface area contributed by atoms with E-state index >= 15 is 0 Å². The van der Waals surface area contributed by atoms with E-state index in [0.29, 0.717) is 17.5 Å². The first kappa shape index (κ1) is 23.2. The zero-order valence-electron chi connectivity index (χ0n) is 20.0. The predicted molar refractivity (Wildman–Crippen MR) is 137 cm³/mol. The quantitative estimate of drug-likeness (QED) is 0.207. The Labute approximate surface area is 208 Å². The average molecular weight is 483 g/mol. The molecule has 2 heterocycles. The number of amides is 1. The number of methoxy groups -OCH3 is 1. The number of rotatable bonds is 6. The number of ether oxygens (including phenoxy) is 1. The normalized spacial score (nSPS) is 17.2. The first-order valence-corrected chi connectivity index (χ1v) is 11.7. The molecule has 7 heteroatoms. The lowest BCUT2D eigenvalue weighted by Crippen LogP contribution is -2.31. The first-order valence-electron chi connectivity index (χ1n) is 11.7. The van der Waals surface area contributed by atoms with Crippen LogP contribution < -0.4 is 4.74 Å². The van der Waals surface area contributed by atoms with Crippen molar-refractivity contribution >= 4 is 28.4 Å². The number of hydrogen-bond acceptors (Lipinski definition) is 5. The van der Waals surface area contributed by atoms with Gasteiger partial charge in [0, 0.05) is 29.2 Å². The van der Waals surface area contributed by atoms with Gasteiger partial charge in [-0.3, -0.25) is 9.59 Å². The highest BCUT2D eigenvalue weighted by atomic mass is 16.5. The number of para-hydroxylation sites is 1. The molecule has 0 spiro atoms. The summed E-state index contributed by atoms with van der Waals surface area (Å²) in [5.74, 6) is -1.51. The van der Waals surface area contributed by atoms with Crippen molar-refractivity contribution in [2.45, 2.75) is 19.4 Å². The molecule has 4 aromatic rings. The number of ketones is 1. The smallest absolute Gasteiger partial charge is 0.295 e. The number of H-pyrrole nitrogens is 1. The fraction of sp³-hybridized carbons (Fsp3) is 0.172. The molecule has 182 valence electrons. The number of phenols is 1. The lowest BCUT2D eigenvalue weighted by atomic mass is 9.94. The number of fused-ring (bicyclic) bond motifs is 1. The lowest BCUT2D eigenvalue weighted by Gasteiger charge is -2.25. The van der Waals surface area contributed by atoms with Gasteiger partial charge in [0.2, 0.25) is 0 Å². The molecular formula is C29H26N2O5. The van der Waals surface area contributed by atoms with Crippen LogP contribution in [0.2, 0.25) is 0 Å². The number of carbonyl (C=O) groups excluding carboxylic acids is 2. The molecule has 0 saturated carbocycles. The highest BCUT2D eigenvalue weighted by Crippen LogP contribution is 2.42. The Morgan fingerprint density at radius 2 is 1.81 bits per heavy atom. The Morgan fingerprint density at radius 1 is 1.06 bits per heavy atom. The van der Waals surface area contributed by atoms with Gasteiger partial charge in [0.25, 0.3) is 11.7 Å². The molecule has 5 rings (SSSR count). The van der Waals surface area contributed by atoms with Crippen molar-refractivity contribution < 1.29 is 24.5 Å². The molecule has 0 radical (unpaired) electrons. The van der Waals surface area contributed by atoms with E-state index in [1.807, 2.05) is 49.5 Å². The van der Waals surface area contributed by atoms with Gasteiger partial charge in [0.1, 0.15) is 5.76 Å². The second kappa shape index (κ2) is 9.26. The molecular weight excluding hydrogens is 456 g/mol. The van der Waals surface area contributed by atoms with Crippen molar-refractivity contribution in [1.29, 1.82) is 0 Å². The van der Waals surface area contributed by atoms with Crippen molar-refractivity contribution in [3.8, 4) is 11.5 Å². The molecule has 7 nitrogen and oxygen atoms in total. The minimum Gasteiger partial charge on any atom is -0.507 e. The number of nitrogens with one attached hydrogen (secondary N) is 1. The second-order valence-electron chi connectivity index (χ2n) is 8.90. The molecule has 3 N–H and O–H groups in total. The van der Waals surface area contributed by atoms with E-state index < -0.39 is 17.7 Å². The number of hydrogen-bond donors (Lipinski definition) is 3. The van der Waals surface area contributed by atoms with Crippen LogP contribution in [0.5, 0.6) is 11.5 Å². The molecule has 1 fully saturated rings. The fourth-order valence-electron chi connectivity index (χ4n) is 4.77. The molecule has 36 heavy (non-hydrogen) atoms. The third-order valence-electron chi connectivity index (χ3n) is 6.68. The van der Waals surface area contributed by atoms with Gasteiger partial charge in [-0.15, -0.1) is 0 Å². The summed E-state index contributed by atoms with van der Waals surface area (Å²) in [4.78, 5) is 31.3. The molecule has 3 aromatic carbocycles. The van der Waals surface area contributed by atoms with Crippen molar-refractivity contribution in [3.05, 3.63) is 101 Å². The Kier molecular flexibility index (Phi) is 5.98. The number of aliphatic hydroxyl groups excluding tert-OH is 1. The average Bonchev–Trinajstić information content (AvgIpc) is 3.41. The Balaban J connectivity index is 1.59. The maximum Gasteiger partial charge on any atom is 0.295 e. The zero-order valence-corrected chi connectivity index (χ0v) is 20.0. The summed E-state index contributed by atoms with van der Waals surface area (Å²) in [6.07, 6.45) is 2.42. The topological polar surface area (TPSA) is 103 Å². The van der Waals surface area contributed by atoms with Gasteiger partial charge in [-0.25, -0.2) is 0 Å². The van der Waals surface area contributed by atoms with E-state index in [-0.39, 0.29) is 29.4 Å². The summed E-state index contributed by atoms with van der Waals surface area (Å²) in [6, 6.07) is 18.8. The van der Waals surface area contributed by atoms with Crippen LogP contribution >= 0.6 is 0 Å². The van der Waals surface area contributed by atoms with E-state index in [4.69, 9.17) is 4.74 Å². The van der Waals surface area contributed by atoms with Crippen LogP contribution in [0, 0.1) is 6.92 Å². The zero-order chi connectivity index (χ0) is 25.4. The molecule has 1 aliphatic heterocycles. The van der Waals surface area contributed by atoms with Gasteiger partial charge < -0.3 is 24.8 Å². The van der Waals surface area contributed by atoms with Crippen molar-refractivity contribution in [2.75, 3.05) is 13.7 Å². The Hall–Kier alpha value is -4.52. The van der Waals surface area contributed by atoms with Gasteiger partial charge in [-0.2, -0.15) is 0 Å². The van der Waals surface area contributed by atoms with E-state index in [0.717, 1.165) is 22.0 Å². The van der Waals surface area contributed by atoms with Gasteiger partial charge >= 0.3 is 0 Å². The lowest BCUT2D eigenvalue weighted by molar-refractivity contribution is -0.139. The van der Waals surface area contributed by atoms with E-state index in [1.165, 1.54) is 18.1 Å². The van der Waals surface area contributed by atoms with Crippen LogP contribution in [0.15, 0.2) is 78.5 Å². The summed E-state index contributed by atoms with van der Waals surface area (Å²) in [6.45, 7) is 2.18. The number of aliphatic hydroxyl groups is 1. The summed E-state index contributed by atoms with van der Waals surface area (Å²) in [5, 5.41) is 22.4. The molecule has 0 bridgehead atoms. The van der Waals surface area contributed by atoms with E-state index in [2.05, 4.69) is 4.98 Å². The van der Waals surface area contributed by atoms with E-state index in [9.17, 15) is 19.8 Å². The minimum absolute atomic E-state index is 0.00974. The third-order valence-corrected chi connectivity index (χ3v) is 6.68. The Morgan fingerprint density at radius 3 is 2.56 bits per heavy atom. The SMILES string of the molecule is COc1cc([C@H]2C(=C(O)c3ccc(C)cc3)C(=O)C(=O)N2CCc2c[nH]c3ccccc23)ccc1O. The number of aryl methyl sites for hydroxylation is 1. The van der Waals surface area contributed by atoms with Gasteiger partial charge in [-0.05, 0) is 42.7 Å². The number of aromatic nitrogens is 1. The van der Waals surface area contributed by atoms with Crippen LogP contribution in [0.4, 0.5) is 0 Å². The molecule has 1 saturated heterocycles. The highest BCUT2D eigenvalue weighted by molar-refractivity contribution is 6.46. The number of phenolic OH excluding ortho intramolecular Hbond substituents is 1. The van der Waals surface area contributed by atoms with Crippen LogP contribution in [-0.4, -0.2) is 45.4 Å². The second-order valence-corrected chi connectivity index (χ2v) is 8.90. The summed E-state index contributed by atoms with van der Waals surface area (Å²) >= 11 is 0. The number of aromatic amines is 1. The standard InChI is InChI=1S/C29H26N2O5/c1-17-7-9-18(10-8-17)27(33)25-26(19-11-12-23(32)24(15-19)36-2)31(29(35)28(25)34)14-13-20-16-30-22-6-4-3-5-21(20)22/h3-12,15-16,26,30,32-33H,13-14H2,1-2H3/t26-/m0/s1. The number of likely N-dealkylation sites (tertiary alicyclic amines) is 1. The fourth-order valence-corrected chi connectivity index (χ4v) is 4.77. The van der Waals surface area contributed by atoms with Crippen LogP contribution in [0.1, 0.15) is 28.3 Å². The number of nitrogens with zero attached hydrogens (tertiary/aromatic N) is 1. The Bertz CT molecular complexity index is 1500. The number of aromatic hydroxyl groups is 1. The number of carbonyl (C=O) groups is 2. The van der Waals surface area contributed by atoms with Crippen molar-refractivity contribution in [2.24, 2.45) is 0 Å².